The van der Waals surface area contributed by atoms with Crippen molar-refractivity contribution in [2.24, 2.45) is 0 Å². The lowest BCUT2D eigenvalue weighted by atomic mass is 10.0. The van der Waals surface area contributed by atoms with E-state index in [1.165, 1.54) is 244 Å². The van der Waals surface area contributed by atoms with Crippen LogP contribution in [0.5, 0.6) is 0 Å². The van der Waals surface area contributed by atoms with E-state index in [1.54, 1.807) is 0 Å². The smallest absolute Gasteiger partial charge is 0.306 e. The van der Waals surface area contributed by atoms with Crippen molar-refractivity contribution in [3.8, 4) is 0 Å². The van der Waals surface area contributed by atoms with Crippen LogP contribution in [0.1, 0.15) is 367 Å². The Bertz CT molecular complexity index is 1410. The van der Waals surface area contributed by atoms with Crippen molar-refractivity contribution in [2.75, 3.05) is 13.2 Å². The highest BCUT2D eigenvalue weighted by atomic mass is 16.6. The van der Waals surface area contributed by atoms with Gasteiger partial charge in [0.15, 0.2) is 6.10 Å². The molecule has 0 aliphatic heterocycles. The van der Waals surface area contributed by atoms with Gasteiger partial charge in [-0.25, -0.2) is 0 Å². The van der Waals surface area contributed by atoms with Crippen molar-refractivity contribution in [1.82, 2.24) is 0 Å². The summed E-state index contributed by atoms with van der Waals surface area (Å²) in [7, 11) is 0. The Morgan fingerprint density at radius 2 is 0.494 bits per heavy atom. The van der Waals surface area contributed by atoms with E-state index < -0.39 is 6.10 Å². The molecule has 0 spiro atoms. The summed E-state index contributed by atoms with van der Waals surface area (Å²) in [5, 5.41) is 0. The molecule has 0 heterocycles. The Balaban J connectivity index is 4.31. The fraction of sp³-hybridized carbons (Fsp3) is 0.822. The maximum absolute atomic E-state index is 13.0. The second-order valence-corrected chi connectivity index (χ2v) is 23.4. The molecule has 0 radical (unpaired) electrons. The van der Waals surface area contributed by atoms with Gasteiger partial charge >= 0.3 is 17.9 Å². The van der Waals surface area contributed by atoms with Crippen molar-refractivity contribution >= 4 is 17.9 Å². The summed E-state index contributed by atoms with van der Waals surface area (Å²) in [5.41, 5.74) is 0. The minimum Gasteiger partial charge on any atom is -0.462 e. The molecule has 0 aromatic carbocycles. The van der Waals surface area contributed by atoms with Gasteiger partial charge < -0.3 is 14.2 Å². The summed E-state index contributed by atoms with van der Waals surface area (Å²) < 4.78 is 17.0. The highest BCUT2D eigenvalue weighted by molar-refractivity contribution is 5.71. The monoisotopic (exact) mass is 1110 g/mol. The van der Waals surface area contributed by atoms with Crippen LogP contribution in [0.25, 0.3) is 0 Å². The van der Waals surface area contributed by atoms with E-state index in [2.05, 4.69) is 81.5 Å². The lowest BCUT2D eigenvalue weighted by Gasteiger charge is -2.18. The van der Waals surface area contributed by atoms with Crippen LogP contribution in [0.3, 0.4) is 0 Å². The SMILES string of the molecule is CC/C=C\C/C=C\C/C=C\C/C=C\CCCCCCCCCCCCCCC(=O)OCC(COC(=O)CCCCCCCCCCCCCCCCCCC)OC(=O)CCCCCCCCCCC/C=C\CCCCCCCC. The standard InChI is InChI=1S/C73H132O6/c1-4-7-10-13-16-19-22-25-28-31-33-34-35-36-37-38-40-42-45-48-51-54-57-60-63-66-72(75)78-69-70(68-77-71(74)65-62-59-56-53-50-47-44-41-30-27-24-21-18-15-12-9-6-3)79-73(76)67-64-61-58-55-52-49-46-43-39-32-29-26-23-20-17-14-11-8-5-2/h7,10,16,19,25-26,28-29,33-34,70H,4-6,8-9,11-15,17-18,20-24,27,30-32,35-69H2,1-3H3/b10-7-,19-16-,28-25-,29-26-,34-33-. The molecule has 0 rings (SSSR count). The van der Waals surface area contributed by atoms with E-state index in [0.717, 1.165) is 83.5 Å². The van der Waals surface area contributed by atoms with Crippen LogP contribution in [-0.2, 0) is 28.6 Å². The molecule has 0 N–H and O–H groups in total. The quantitative estimate of drug-likeness (QED) is 0.0261. The topological polar surface area (TPSA) is 78.9 Å². The fourth-order valence-electron chi connectivity index (χ4n) is 10.3. The second kappa shape index (κ2) is 67.6. The molecule has 1 atom stereocenters. The molecule has 0 fully saturated rings. The average molecular weight is 1110 g/mol. The summed E-state index contributed by atoms with van der Waals surface area (Å²) in [6, 6.07) is 0. The first-order valence-electron chi connectivity index (χ1n) is 34.8. The van der Waals surface area contributed by atoms with Crippen molar-refractivity contribution in [1.29, 1.82) is 0 Å². The molecule has 0 bridgehead atoms. The first-order valence-corrected chi connectivity index (χ1v) is 34.8. The molecule has 1 unspecified atom stereocenters. The Morgan fingerprint density at radius 3 is 0.785 bits per heavy atom. The second-order valence-electron chi connectivity index (χ2n) is 23.4. The van der Waals surface area contributed by atoms with Crippen molar-refractivity contribution in [2.45, 2.75) is 374 Å². The third-order valence-corrected chi connectivity index (χ3v) is 15.5. The van der Waals surface area contributed by atoms with E-state index in [0.29, 0.717) is 19.3 Å². The van der Waals surface area contributed by atoms with Crippen LogP contribution in [0.15, 0.2) is 60.8 Å². The van der Waals surface area contributed by atoms with Gasteiger partial charge in [-0.2, -0.15) is 0 Å². The highest BCUT2D eigenvalue weighted by Gasteiger charge is 2.19. The fourth-order valence-corrected chi connectivity index (χ4v) is 10.3. The molecule has 6 nitrogen and oxygen atoms in total. The van der Waals surface area contributed by atoms with Gasteiger partial charge in [0.1, 0.15) is 13.2 Å². The van der Waals surface area contributed by atoms with Crippen LogP contribution in [-0.4, -0.2) is 37.2 Å². The van der Waals surface area contributed by atoms with Gasteiger partial charge in [-0.15, -0.1) is 0 Å². The number of allylic oxidation sites excluding steroid dienone is 10. The Kier molecular flexibility index (Phi) is 65.1. The van der Waals surface area contributed by atoms with Crippen molar-refractivity contribution in [3.63, 3.8) is 0 Å². The third-order valence-electron chi connectivity index (χ3n) is 15.5. The maximum atomic E-state index is 13.0. The number of esters is 3. The number of hydrogen-bond acceptors (Lipinski definition) is 6. The molecule has 0 amide bonds. The maximum Gasteiger partial charge on any atom is 0.306 e. The first-order chi connectivity index (χ1) is 39.0. The molecule has 0 saturated carbocycles. The van der Waals surface area contributed by atoms with Crippen LogP contribution >= 0.6 is 0 Å². The minimum absolute atomic E-state index is 0.0705. The van der Waals surface area contributed by atoms with Crippen LogP contribution in [0.2, 0.25) is 0 Å². The molecule has 6 heteroatoms. The molecule has 0 saturated heterocycles. The Morgan fingerprint density at radius 1 is 0.266 bits per heavy atom. The normalized spacial score (nSPS) is 12.4. The van der Waals surface area contributed by atoms with E-state index in [1.807, 2.05) is 0 Å². The molecule has 0 aliphatic carbocycles. The number of rotatable bonds is 64. The van der Waals surface area contributed by atoms with Gasteiger partial charge in [0.2, 0.25) is 0 Å². The molecule has 460 valence electrons. The number of carbonyl (C=O) groups is 3. The van der Waals surface area contributed by atoms with Gasteiger partial charge in [-0.1, -0.05) is 326 Å². The van der Waals surface area contributed by atoms with Gasteiger partial charge in [0.05, 0.1) is 0 Å². The van der Waals surface area contributed by atoms with E-state index in [-0.39, 0.29) is 31.1 Å². The lowest BCUT2D eigenvalue weighted by Crippen LogP contribution is -2.30. The highest BCUT2D eigenvalue weighted by Crippen LogP contribution is 2.18. The summed E-state index contributed by atoms with van der Waals surface area (Å²) in [5.74, 6) is -0.849. The first kappa shape index (κ1) is 76.1. The summed E-state index contributed by atoms with van der Waals surface area (Å²) in [6.45, 7) is 6.59. The third kappa shape index (κ3) is 65.8. The number of hydrogen-bond donors (Lipinski definition) is 0. The van der Waals surface area contributed by atoms with Crippen LogP contribution in [0.4, 0.5) is 0 Å². The predicted octanol–water partition coefficient (Wildman–Crippen LogP) is 23.9. The summed E-state index contributed by atoms with van der Waals surface area (Å²) >= 11 is 0. The molecular weight excluding hydrogens is 973 g/mol. The van der Waals surface area contributed by atoms with Crippen LogP contribution in [0, 0.1) is 0 Å². The van der Waals surface area contributed by atoms with Crippen LogP contribution < -0.4 is 0 Å². The van der Waals surface area contributed by atoms with Gasteiger partial charge in [-0.3, -0.25) is 14.4 Å². The number of unbranched alkanes of at least 4 members (excludes halogenated alkanes) is 43. The molecule has 79 heavy (non-hydrogen) atoms. The Labute approximate surface area is 491 Å². The molecule has 0 aromatic heterocycles. The average Bonchev–Trinajstić information content (AvgIpc) is 3.45. The van der Waals surface area contributed by atoms with E-state index in [9.17, 15) is 14.4 Å². The zero-order valence-electron chi connectivity index (χ0n) is 52.9. The van der Waals surface area contributed by atoms with E-state index in [4.69, 9.17) is 14.2 Å². The van der Waals surface area contributed by atoms with Gasteiger partial charge in [0.25, 0.3) is 0 Å². The largest absolute Gasteiger partial charge is 0.462 e. The predicted molar refractivity (Wildman–Crippen MR) is 344 cm³/mol. The Hall–Kier alpha value is -2.89. The van der Waals surface area contributed by atoms with E-state index >= 15 is 0 Å². The number of ether oxygens (including phenoxy) is 3. The summed E-state index contributed by atoms with van der Waals surface area (Å²) in [4.78, 5) is 38.5. The minimum atomic E-state index is -0.775. The molecule has 0 aliphatic rings. The summed E-state index contributed by atoms with van der Waals surface area (Å²) in [6.07, 6.45) is 86.6. The van der Waals surface area contributed by atoms with Crippen molar-refractivity contribution < 1.29 is 28.6 Å². The molecule has 0 aromatic rings. The lowest BCUT2D eigenvalue weighted by molar-refractivity contribution is -0.167. The molecular formula is C73H132O6. The zero-order chi connectivity index (χ0) is 57.1. The zero-order valence-corrected chi connectivity index (χ0v) is 52.9. The number of carbonyl (C=O) groups excluding carboxylic acids is 3. The van der Waals surface area contributed by atoms with Gasteiger partial charge in [-0.05, 0) is 83.5 Å². The van der Waals surface area contributed by atoms with Gasteiger partial charge in [0, 0.05) is 19.3 Å². The van der Waals surface area contributed by atoms with Crippen molar-refractivity contribution in [3.05, 3.63) is 60.8 Å².